The topological polar surface area (TPSA) is 64.3 Å². The summed E-state index contributed by atoms with van der Waals surface area (Å²) in [5, 5.41) is 3.91. The fourth-order valence-corrected chi connectivity index (χ4v) is 2.64. The molecule has 3 N–H and O–H groups in total. The maximum atomic E-state index is 11.6. The molecule has 1 aliphatic carbocycles. The molecule has 4 nitrogen and oxygen atoms in total. The number of rotatable bonds is 7. The quantitative estimate of drug-likeness (QED) is 0.807. The molecule has 1 unspecified atom stereocenters. The van der Waals surface area contributed by atoms with E-state index in [9.17, 15) is 4.79 Å². The molecule has 0 saturated heterocycles. The molecular formula is C15H20Cl2N2O2. The van der Waals surface area contributed by atoms with Crippen LogP contribution in [0.15, 0.2) is 12.1 Å². The molecule has 1 aliphatic rings. The Morgan fingerprint density at radius 3 is 2.81 bits per heavy atom. The van der Waals surface area contributed by atoms with Crippen LogP contribution in [0.3, 0.4) is 0 Å². The fourth-order valence-electron chi connectivity index (χ4n) is 2.05. The van der Waals surface area contributed by atoms with Crippen LogP contribution >= 0.6 is 23.2 Å². The van der Waals surface area contributed by atoms with Gasteiger partial charge in [-0.3, -0.25) is 4.79 Å². The van der Waals surface area contributed by atoms with E-state index in [0.717, 1.165) is 18.4 Å². The zero-order valence-corrected chi connectivity index (χ0v) is 13.5. The summed E-state index contributed by atoms with van der Waals surface area (Å²) in [6.07, 6.45) is 3.08. The number of halogens is 2. The summed E-state index contributed by atoms with van der Waals surface area (Å²) in [7, 11) is 0. The van der Waals surface area contributed by atoms with Gasteiger partial charge in [0.1, 0.15) is 5.75 Å². The first-order chi connectivity index (χ1) is 9.95. The number of nitrogens with one attached hydrogen (secondary N) is 1. The highest BCUT2D eigenvalue weighted by Crippen LogP contribution is 2.33. The summed E-state index contributed by atoms with van der Waals surface area (Å²) in [5.74, 6) is 0.578. The number of ether oxygens (including phenoxy) is 1. The summed E-state index contributed by atoms with van der Waals surface area (Å²) >= 11 is 12.2. The van der Waals surface area contributed by atoms with E-state index in [1.807, 2.05) is 6.92 Å². The molecular weight excluding hydrogens is 311 g/mol. The molecule has 0 radical (unpaired) electrons. The number of nitrogens with two attached hydrogens (primary N) is 1. The van der Waals surface area contributed by atoms with Gasteiger partial charge >= 0.3 is 0 Å². The largest absolute Gasteiger partial charge is 0.491 e. The monoisotopic (exact) mass is 330 g/mol. The SMILES string of the molecule is CC(N)Cc1cc(Cl)cc(Cl)c1OCCC(=O)NC1CC1. The van der Waals surface area contributed by atoms with Crippen molar-refractivity contribution in [1.29, 1.82) is 0 Å². The maximum absolute atomic E-state index is 11.6. The van der Waals surface area contributed by atoms with Gasteiger partial charge in [0.15, 0.2) is 0 Å². The van der Waals surface area contributed by atoms with Crippen molar-refractivity contribution in [2.75, 3.05) is 6.61 Å². The van der Waals surface area contributed by atoms with Crippen LogP contribution in [0.2, 0.25) is 10.0 Å². The maximum Gasteiger partial charge on any atom is 0.223 e. The molecule has 0 heterocycles. The number of carbonyl (C=O) groups excluding carboxylic acids is 1. The Kier molecular flexibility index (Phi) is 5.73. The summed E-state index contributed by atoms with van der Waals surface area (Å²) < 4.78 is 5.69. The van der Waals surface area contributed by atoms with Crippen LogP contribution < -0.4 is 15.8 Å². The molecule has 116 valence electrons. The van der Waals surface area contributed by atoms with Crippen LogP contribution in [0.4, 0.5) is 0 Å². The molecule has 1 amide bonds. The fraction of sp³-hybridized carbons (Fsp3) is 0.533. The summed E-state index contributed by atoms with van der Waals surface area (Å²) in [6.45, 7) is 2.19. The van der Waals surface area contributed by atoms with Crippen molar-refractivity contribution >= 4 is 29.1 Å². The molecule has 0 spiro atoms. The second-order valence-corrected chi connectivity index (χ2v) is 6.34. The first-order valence-electron chi connectivity index (χ1n) is 7.11. The Bertz CT molecular complexity index is 517. The van der Waals surface area contributed by atoms with E-state index >= 15 is 0 Å². The number of benzene rings is 1. The number of carbonyl (C=O) groups is 1. The zero-order valence-electron chi connectivity index (χ0n) is 12.0. The Morgan fingerprint density at radius 2 is 2.19 bits per heavy atom. The molecule has 21 heavy (non-hydrogen) atoms. The zero-order chi connectivity index (χ0) is 15.4. The van der Waals surface area contributed by atoms with E-state index in [1.165, 1.54) is 0 Å². The Balaban J connectivity index is 1.95. The molecule has 1 saturated carbocycles. The molecule has 1 aromatic rings. The van der Waals surface area contributed by atoms with E-state index < -0.39 is 0 Å². The molecule has 6 heteroatoms. The van der Waals surface area contributed by atoms with Crippen LogP contribution in [-0.4, -0.2) is 24.6 Å². The molecule has 0 aliphatic heterocycles. The van der Waals surface area contributed by atoms with Crippen LogP contribution in [0.5, 0.6) is 5.75 Å². The average Bonchev–Trinajstić information content (AvgIpc) is 3.15. The van der Waals surface area contributed by atoms with Gasteiger partial charge in [-0.15, -0.1) is 0 Å². The second kappa shape index (κ2) is 7.34. The number of hydrogen-bond acceptors (Lipinski definition) is 3. The highest BCUT2D eigenvalue weighted by Gasteiger charge is 2.23. The molecule has 1 fully saturated rings. The van der Waals surface area contributed by atoms with Gasteiger partial charge < -0.3 is 15.8 Å². The van der Waals surface area contributed by atoms with Crippen molar-refractivity contribution in [3.05, 3.63) is 27.7 Å². The van der Waals surface area contributed by atoms with Crippen molar-refractivity contribution in [1.82, 2.24) is 5.32 Å². The van der Waals surface area contributed by atoms with Crippen LogP contribution in [0.1, 0.15) is 31.7 Å². The standard InChI is InChI=1S/C15H20Cl2N2O2/c1-9(18)6-10-7-11(16)8-13(17)15(10)21-5-4-14(20)19-12-2-3-12/h7-9,12H,2-6,18H2,1H3,(H,19,20). The highest BCUT2D eigenvalue weighted by molar-refractivity contribution is 6.35. The smallest absolute Gasteiger partial charge is 0.223 e. The lowest BCUT2D eigenvalue weighted by molar-refractivity contribution is -0.121. The Hall–Kier alpha value is -0.970. The number of amides is 1. The minimum atomic E-state index is -0.0277. The van der Waals surface area contributed by atoms with E-state index in [1.54, 1.807) is 12.1 Å². The minimum absolute atomic E-state index is 0.0105. The third-order valence-corrected chi connectivity index (χ3v) is 3.64. The van der Waals surface area contributed by atoms with Crippen molar-refractivity contribution in [2.45, 2.75) is 44.7 Å². The van der Waals surface area contributed by atoms with Crippen molar-refractivity contribution in [3.63, 3.8) is 0 Å². The minimum Gasteiger partial charge on any atom is -0.491 e. The van der Waals surface area contributed by atoms with Gasteiger partial charge in [0.05, 0.1) is 18.1 Å². The summed E-state index contributed by atoms with van der Waals surface area (Å²) in [5.41, 5.74) is 6.69. The van der Waals surface area contributed by atoms with Gasteiger partial charge in [-0.05, 0) is 43.9 Å². The van der Waals surface area contributed by atoms with E-state index in [4.69, 9.17) is 33.7 Å². The summed E-state index contributed by atoms with van der Waals surface area (Å²) in [6, 6.07) is 3.77. The van der Waals surface area contributed by atoms with Gasteiger partial charge in [0.2, 0.25) is 5.91 Å². The third kappa shape index (κ3) is 5.38. The van der Waals surface area contributed by atoms with Crippen molar-refractivity contribution in [2.24, 2.45) is 5.73 Å². The van der Waals surface area contributed by atoms with Crippen LogP contribution in [-0.2, 0) is 11.2 Å². The third-order valence-electron chi connectivity index (χ3n) is 3.15. The molecule has 1 atom stereocenters. The number of hydrogen-bond donors (Lipinski definition) is 2. The second-order valence-electron chi connectivity index (χ2n) is 5.50. The molecule has 2 rings (SSSR count). The van der Waals surface area contributed by atoms with Gasteiger partial charge in [0.25, 0.3) is 0 Å². The van der Waals surface area contributed by atoms with Crippen LogP contribution in [0.25, 0.3) is 0 Å². The first-order valence-corrected chi connectivity index (χ1v) is 7.87. The lowest BCUT2D eigenvalue weighted by atomic mass is 10.1. The highest BCUT2D eigenvalue weighted by atomic mass is 35.5. The summed E-state index contributed by atoms with van der Waals surface area (Å²) in [4.78, 5) is 11.6. The lowest BCUT2D eigenvalue weighted by Crippen LogP contribution is -2.26. The van der Waals surface area contributed by atoms with E-state index in [0.29, 0.717) is 34.7 Å². The molecule has 0 aromatic heterocycles. The van der Waals surface area contributed by atoms with Gasteiger partial charge in [-0.25, -0.2) is 0 Å². The Morgan fingerprint density at radius 1 is 1.48 bits per heavy atom. The molecule has 0 bridgehead atoms. The predicted octanol–water partition coefficient (Wildman–Crippen LogP) is 2.93. The first kappa shape index (κ1) is 16.4. The van der Waals surface area contributed by atoms with E-state index in [-0.39, 0.29) is 18.6 Å². The van der Waals surface area contributed by atoms with E-state index in [2.05, 4.69) is 5.32 Å². The van der Waals surface area contributed by atoms with Crippen molar-refractivity contribution < 1.29 is 9.53 Å². The predicted molar refractivity (Wildman–Crippen MR) is 85.1 cm³/mol. The van der Waals surface area contributed by atoms with Gasteiger partial charge in [-0.2, -0.15) is 0 Å². The van der Waals surface area contributed by atoms with Gasteiger partial charge in [-0.1, -0.05) is 23.2 Å². The lowest BCUT2D eigenvalue weighted by Gasteiger charge is -2.15. The van der Waals surface area contributed by atoms with Crippen molar-refractivity contribution in [3.8, 4) is 5.75 Å². The average molecular weight is 331 g/mol. The van der Waals surface area contributed by atoms with Crippen LogP contribution in [0, 0.1) is 0 Å². The normalized spacial score (nSPS) is 15.6. The Labute approximate surface area is 134 Å². The molecule has 1 aromatic carbocycles. The van der Waals surface area contributed by atoms with Gasteiger partial charge in [0, 0.05) is 17.1 Å².